The molecule has 29 heavy (non-hydrogen) atoms. The van der Waals surface area contributed by atoms with E-state index in [1.54, 1.807) is 13.0 Å². The SMILES string of the molecule is CC(N)=CC(=O)[C@H](Cc1ccccc1)N(Cc1ccccc1)Cc1ccccc1. The van der Waals surface area contributed by atoms with Crippen molar-refractivity contribution in [3.05, 3.63) is 119 Å². The van der Waals surface area contributed by atoms with E-state index in [1.165, 1.54) is 11.1 Å². The number of nitrogens with two attached hydrogens (primary N) is 1. The second-order valence-corrected chi connectivity index (χ2v) is 7.37. The lowest BCUT2D eigenvalue weighted by molar-refractivity contribution is -0.120. The Labute approximate surface area is 173 Å². The van der Waals surface area contributed by atoms with Crippen molar-refractivity contribution in [3.8, 4) is 0 Å². The Hall–Kier alpha value is -3.17. The highest BCUT2D eigenvalue weighted by atomic mass is 16.1. The van der Waals surface area contributed by atoms with Gasteiger partial charge in [0, 0.05) is 24.9 Å². The molecule has 0 saturated carbocycles. The van der Waals surface area contributed by atoms with Crippen LogP contribution in [0.4, 0.5) is 0 Å². The highest BCUT2D eigenvalue weighted by Crippen LogP contribution is 2.18. The van der Waals surface area contributed by atoms with Gasteiger partial charge in [-0.1, -0.05) is 91.0 Å². The first kappa shape index (κ1) is 20.6. The third-order valence-corrected chi connectivity index (χ3v) is 4.87. The van der Waals surface area contributed by atoms with E-state index in [1.807, 2.05) is 54.6 Å². The molecule has 3 aromatic rings. The van der Waals surface area contributed by atoms with Gasteiger partial charge in [-0.05, 0) is 30.0 Å². The maximum Gasteiger partial charge on any atom is 0.174 e. The summed E-state index contributed by atoms with van der Waals surface area (Å²) in [5, 5.41) is 0. The number of hydrogen-bond donors (Lipinski definition) is 1. The minimum absolute atomic E-state index is 0.0423. The summed E-state index contributed by atoms with van der Waals surface area (Å²) in [6.45, 7) is 3.14. The van der Waals surface area contributed by atoms with Crippen molar-refractivity contribution in [1.29, 1.82) is 0 Å². The number of benzene rings is 3. The molecule has 0 saturated heterocycles. The summed E-state index contributed by atoms with van der Waals surface area (Å²) in [5.74, 6) is 0.0423. The molecule has 1 atom stereocenters. The molecule has 0 aromatic heterocycles. The molecule has 0 heterocycles. The quantitative estimate of drug-likeness (QED) is 0.543. The number of carbonyl (C=O) groups is 1. The Balaban J connectivity index is 1.95. The van der Waals surface area contributed by atoms with E-state index in [0.717, 1.165) is 5.56 Å². The summed E-state index contributed by atoms with van der Waals surface area (Å²) in [7, 11) is 0. The molecule has 0 amide bonds. The molecule has 0 unspecified atom stereocenters. The van der Waals surface area contributed by atoms with Gasteiger partial charge in [0.05, 0.1) is 6.04 Å². The van der Waals surface area contributed by atoms with Crippen LogP contribution in [0.3, 0.4) is 0 Å². The molecule has 0 fully saturated rings. The number of hydrogen-bond acceptors (Lipinski definition) is 3. The van der Waals surface area contributed by atoms with Gasteiger partial charge in [0.25, 0.3) is 0 Å². The van der Waals surface area contributed by atoms with Gasteiger partial charge in [0.1, 0.15) is 0 Å². The van der Waals surface area contributed by atoms with E-state index in [9.17, 15) is 4.79 Å². The van der Waals surface area contributed by atoms with Crippen LogP contribution in [0.15, 0.2) is 103 Å². The normalized spacial score (nSPS) is 12.7. The Morgan fingerprint density at radius 2 is 1.21 bits per heavy atom. The molecule has 0 aliphatic carbocycles. The maximum absolute atomic E-state index is 13.2. The van der Waals surface area contributed by atoms with Gasteiger partial charge >= 0.3 is 0 Å². The minimum Gasteiger partial charge on any atom is -0.402 e. The van der Waals surface area contributed by atoms with Crippen LogP contribution in [0, 0.1) is 0 Å². The van der Waals surface area contributed by atoms with E-state index >= 15 is 0 Å². The largest absolute Gasteiger partial charge is 0.402 e. The molecule has 2 N–H and O–H groups in total. The van der Waals surface area contributed by atoms with Gasteiger partial charge in [0.15, 0.2) is 5.78 Å². The fourth-order valence-electron chi connectivity index (χ4n) is 3.48. The van der Waals surface area contributed by atoms with Crippen LogP contribution in [0.1, 0.15) is 23.6 Å². The number of ketones is 1. The third-order valence-electron chi connectivity index (χ3n) is 4.87. The number of rotatable bonds is 9. The molecule has 3 heteroatoms. The molecule has 3 aromatic carbocycles. The molecule has 3 nitrogen and oxygen atoms in total. The van der Waals surface area contributed by atoms with Crippen molar-refractivity contribution in [3.63, 3.8) is 0 Å². The lowest BCUT2D eigenvalue weighted by atomic mass is 9.98. The van der Waals surface area contributed by atoms with Crippen LogP contribution < -0.4 is 5.73 Å². The van der Waals surface area contributed by atoms with Gasteiger partial charge in [-0.25, -0.2) is 0 Å². The van der Waals surface area contributed by atoms with Crippen molar-refractivity contribution in [2.24, 2.45) is 5.73 Å². The van der Waals surface area contributed by atoms with E-state index in [2.05, 4.69) is 41.3 Å². The fraction of sp³-hybridized carbons (Fsp3) is 0.192. The third kappa shape index (κ3) is 6.44. The molecule has 0 bridgehead atoms. The van der Waals surface area contributed by atoms with Crippen molar-refractivity contribution < 1.29 is 4.79 Å². The first-order valence-electron chi connectivity index (χ1n) is 9.95. The highest BCUT2D eigenvalue weighted by molar-refractivity contribution is 5.95. The highest BCUT2D eigenvalue weighted by Gasteiger charge is 2.25. The van der Waals surface area contributed by atoms with Crippen LogP contribution >= 0.6 is 0 Å². The minimum atomic E-state index is -0.295. The summed E-state index contributed by atoms with van der Waals surface area (Å²) in [4.78, 5) is 15.4. The number of allylic oxidation sites excluding steroid dienone is 1. The van der Waals surface area contributed by atoms with Crippen LogP contribution in [-0.4, -0.2) is 16.7 Å². The van der Waals surface area contributed by atoms with Gasteiger partial charge in [-0.2, -0.15) is 0 Å². The summed E-state index contributed by atoms with van der Waals surface area (Å²) in [5.41, 5.74) is 9.89. The molecule has 0 spiro atoms. The predicted molar refractivity (Wildman–Crippen MR) is 119 cm³/mol. The predicted octanol–water partition coefficient (Wildman–Crippen LogP) is 4.73. The zero-order valence-corrected chi connectivity index (χ0v) is 16.9. The maximum atomic E-state index is 13.2. The topological polar surface area (TPSA) is 46.3 Å². The smallest absolute Gasteiger partial charge is 0.174 e. The zero-order valence-electron chi connectivity index (χ0n) is 16.9. The van der Waals surface area contributed by atoms with Gasteiger partial charge < -0.3 is 5.73 Å². The Morgan fingerprint density at radius 3 is 1.62 bits per heavy atom. The van der Waals surface area contributed by atoms with E-state index in [-0.39, 0.29) is 11.8 Å². The van der Waals surface area contributed by atoms with Crippen molar-refractivity contribution >= 4 is 5.78 Å². The van der Waals surface area contributed by atoms with E-state index in [4.69, 9.17) is 5.73 Å². The molecule has 0 aliphatic rings. The Morgan fingerprint density at radius 1 is 0.793 bits per heavy atom. The summed E-state index contributed by atoms with van der Waals surface area (Å²) < 4.78 is 0. The Bertz CT molecular complexity index is 875. The van der Waals surface area contributed by atoms with Crippen molar-refractivity contribution in [2.75, 3.05) is 0 Å². The molecule has 148 valence electrons. The van der Waals surface area contributed by atoms with Gasteiger partial charge in [-0.15, -0.1) is 0 Å². The van der Waals surface area contributed by atoms with E-state index in [0.29, 0.717) is 25.2 Å². The van der Waals surface area contributed by atoms with Crippen molar-refractivity contribution in [2.45, 2.75) is 32.5 Å². The number of carbonyl (C=O) groups excluding carboxylic acids is 1. The second-order valence-electron chi connectivity index (χ2n) is 7.37. The summed E-state index contributed by atoms with van der Waals surface area (Å²) in [6.07, 6.45) is 2.21. The van der Waals surface area contributed by atoms with Crippen LogP contribution in [0.5, 0.6) is 0 Å². The lowest BCUT2D eigenvalue weighted by Gasteiger charge is -2.31. The standard InChI is InChI=1S/C26H28N2O/c1-21(27)17-26(29)25(18-22-11-5-2-6-12-22)28(19-23-13-7-3-8-14-23)20-24-15-9-4-10-16-24/h2-17,25H,18-20,27H2,1H3/t25-/m0/s1. The monoisotopic (exact) mass is 384 g/mol. The van der Waals surface area contributed by atoms with E-state index < -0.39 is 0 Å². The molecular formula is C26H28N2O. The molecule has 0 radical (unpaired) electrons. The van der Waals surface area contributed by atoms with Gasteiger partial charge in [0.2, 0.25) is 0 Å². The average Bonchev–Trinajstić information content (AvgIpc) is 2.73. The molecule has 3 rings (SSSR count). The number of nitrogens with zero attached hydrogens (tertiary/aromatic N) is 1. The van der Waals surface area contributed by atoms with Crippen LogP contribution in [-0.2, 0) is 24.3 Å². The first-order valence-corrected chi connectivity index (χ1v) is 9.95. The molecule has 0 aliphatic heterocycles. The fourth-order valence-corrected chi connectivity index (χ4v) is 3.48. The second kappa shape index (κ2) is 10.4. The van der Waals surface area contributed by atoms with Crippen LogP contribution in [0.25, 0.3) is 0 Å². The van der Waals surface area contributed by atoms with Crippen LogP contribution in [0.2, 0.25) is 0 Å². The Kier molecular flexibility index (Phi) is 7.37. The summed E-state index contributed by atoms with van der Waals surface area (Å²) >= 11 is 0. The average molecular weight is 385 g/mol. The zero-order chi connectivity index (χ0) is 20.5. The van der Waals surface area contributed by atoms with Crippen molar-refractivity contribution in [1.82, 2.24) is 4.90 Å². The summed E-state index contributed by atoms with van der Waals surface area (Å²) in [6, 6.07) is 30.5. The first-order chi connectivity index (χ1) is 14.1. The van der Waals surface area contributed by atoms with Gasteiger partial charge in [-0.3, -0.25) is 9.69 Å². The lowest BCUT2D eigenvalue weighted by Crippen LogP contribution is -2.41. The molecular weight excluding hydrogens is 356 g/mol.